The maximum absolute atomic E-state index is 12.4. The Bertz CT molecular complexity index is 768. The first-order valence-corrected chi connectivity index (χ1v) is 7.90. The number of aromatic nitrogens is 1. The maximum atomic E-state index is 12.4. The van der Waals surface area contributed by atoms with E-state index in [0.29, 0.717) is 9.23 Å². The summed E-state index contributed by atoms with van der Waals surface area (Å²) in [5, 5.41) is 1.09. The number of fused-ring (bicyclic) bond motifs is 1. The van der Waals surface area contributed by atoms with Crippen LogP contribution in [0.3, 0.4) is 0 Å². The third kappa shape index (κ3) is 2.71. The molecule has 1 saturated heterocycles. The summed E-state index contributed by atoms with van der Waals surface area (Å²) in [5.41, 5.74) is 1.89. The van der Waals surface area contributed by atoms with Crippen LogP contribution in [0.25, 0.3) is 17.0 Å². The van der Waals surface area contributed by atoms with Crippen LogP contribution in [-0.2, 0) is 4.79 Å². The molecule has 0 bridgehead atoms. The van der Waals surface area contributed by atoms with Crippen molar-refractivity contribution in [2.75, 3.05) is 0 Å². The zero-order valence-electron chi connectivity index (χ0n) is 11.7. The van der Waals surface area contributed by atoms with Gasteiger partial charge in [-0.1, -0.05) is 42.2 Å². The molecular formula is C16H14N2OS2. The van der Waals surface area contributed by atoms with E-state index in [9.17, 15) is 4.79 Å². The van der Waals surface area contributed by atoms with E-state index in [0.717, 1.165) is 16.5 Å². The molecule has 1 aromatic carbocycles. The lowest BCUT2D eigenvalue weighted by Crippen LogP contribution is -2.34. The number of thiocarbonyl (C=S) groups is 1. The van der Waals surface area contributed by atoms with E-state index in [1.807, 2.05) is 50.3 Å². The molecule has 1 aromatic heterocycles. The lowest BCUT2D eigenvalue weighted by Gasteiger charge is -2.18. The second-order valence-corrected chi connectivity index (χ2v) is 6.78. The standard InChI is InChI=1S/C16H14N2OS2/c1-10(2)18-15(19)14(21-16(18)20)9-11-5-6-12-4-3-7-17-13(12)8-11/h3-10H,1-2H3/b14-9-. The van der Waals surface area contributed by atoms with Crippen LogP contribution in [0.4, 0.5) is 0 Å². The monoisotopic (exact) mass is 314 g/mol. The molecule has 0 unspecified atom stereocenters. The van der Waals surface area contributed by atoms with Gasteiger partial charge < -0.3 is 0 Å². The van der Waals surface area contributed by atoms with Crippen LogP contribution in [-0.4, -0.2) is 26.2 Å². The van der Waals surface area contributed by atoms with Crippen molar-refractivity contribution < 1.29 is 4.79 Å². The van der Waals surface area contributed by atoms with Gasteiger partial charge in [0.1, 0.15) is 4.32 Å². The van der Waals surface area contributed by atoms with E-state index in [-0.39, 0.29) is 11.9 Å². The minimum Gasteiger partial charge on any atom is -0.290 e. The number of pyridine rings is 1. The van der Waals surface area contributed by atoms with Crippen LogP contribution in [0.15, 0.2) is 41.4 Å². The van der Waals surface area contributed by atoms with Crippen LogP contribution in [0.2, 0.25) is 0 Å². The third-order valence-corrected chi connectivity index (χ3v) is 4.60. The molecular weight excluding hydrogens is 300 g/mol. The predicted molar refractivity (Wildman–Crippen MR) is 91.9 cm³/mol. The van der Waals surface area contributed by atoms with Gasteiger partial charge in [-0.05, 0) is 37.6 Å². The van der Waals surface area contributed by atoms with E-state index in [4.69, 9.17) is 12.2 Å². The molecule has 1 amide bonds. The predicted octanol–water partition coefficient (Wildman–Crippen LogP) is 3.84. The molecule has 0 spiro atoms. The Morgan fingerprint density at radius 1 is 1.33 bits per heavy atom. The van der Waals surface area contributed by atoms with Crippen molar-refractivity contribution in [2.45, 2.75) is 19.9 Å². The number of nitrogens with zero attached hydrogens (tertiary/aromatic N) is 2. The fourth-order valence-electron chi connectivity index (χ4n) is 2.25. The molecule has 0 saturated carbocycles. The van der Waals surface area contributed by atoms with Gasteiger partial charge in [-0.3, -0.25) is 14.7 Å². The first kappa shape index (κ1) is 14.2. The second-order valence-electron chi connectivity index (χ2n) is 5.10. The van der Waals surface area contributed by atoms with Gasteiger partial charge in [0.25, 0.3) is 5.91 Å². The second kappa shape index (κ2) is 5.58. The minimum atomic E-state index is -0.0129. The Hall–Kier alpha value is -1.72. The van der Waals surface area contributed by atoms with Crippen molar-refractivity contribution in [1.29, 1.82) is 0 Å². The van der Waals surface area contributed by atoms with E-state index >= 15 is 0 Å². The lowest BCUT2D eigenvalue weighted by molar-refractivity contribution is -0.123. The summed E-state index contributed by atoms with van der Waals surface area (Å²) in [7, 11) is 0. The number of carbonyl (C=O) groups is 1. The number of carbonyl (C=O) groups excluding carboxylic acids is 1. The quantitative estimate of drug-likeness (QED) is 0.623. The van der Waals surface area contributed by atoms with Gasteiger partial charge in [0.15, 0.2) is 0 Å². The molecule has 1 aliphatic heterocycles. The van der Waals surface area contributed by atoms with Crippen molar-refractivity contribution >= 4 is 51.2 Å². The summed E-state index contributed by atoms with van der Waals surface area (Å²) in [6, 6.07) is 10.0. The van der Waals surface area contributed by atoms with E-state index in [1.165, 1.54) is 11.8 Å². The zero-order valence-corrected chi connectivity index (χ0v) is 13.4. The lowest BCUT2D eigenvalue weighted by atomic mass is 10.1. The Morgan fingerprint density at radius 2 is 2.14 bits per heavy atom. The maximum Gasteiger partial charge on any atom is 0.266 e. The fraction of sp³-hybridized carbons (Fsp3) is 0.188. The summed E-state index contributed by atoms with van der Waals surface area (Å²) in [6.45, 7) is 3.93. The number of amides is 1. The van der Waals surface area contributed by atoms with Gasteiger partial charge in [0, 0.05) is 17.6 Å². The molecule has 0 radical (unpaired) electrons. The van der Waals surface area contributed by atoms with Crippen LogP contribution in [0, 0.1) is 0 Å². The van der Waals surface area contributed by atoms with E-state index in [1.54, 1.807) is 11.1 Å². The Balaban J connectivity index is 1.97. The van der Waals surface area contributed by atoms with Crippen molar-refractivity contribution in [3.63, 3.8) is 0 Å². The van der Waals surface area contributed by atoms with Crippen LogP contribution in [0.1, 0.15) is 19.4 Å². The number of thioether (sulfide) groups is 1. The highest BCUT2D eigenvalue weighted by atomic mass is 32.2. The largest absolute Gasteiger partial charge is 0.290 e. The molecule has 1 fully saturated rings. The Morgan fingerprint density at radius 3 is 2.86 bits per heavy atom. The molecule has 5 heteroatoms. The molecule has 106 valence electrons. The molecule has 0 N–H and O–H groups in total. The average Bonchev–Trinajstić information content (AvgIpc) is 2.73. The highest BCUT2D eigenvalue weighted by Gasteiger charge is 2.33. The molecule has 0 aliphatic carbocycles. The van der Waals surface area contributed by atoms with Gasteiger partial charge in [-0.25, -0.2) is 0 Å². The number of benzene rings is 1. The first-order valence-electron chi connectivity index (χ1n) is 6.68. The van der Waals surface area contributed by atoms with Crippen molar-refractivity contribution in [1.82, 2.24) is 9.88 Å². The molecule has 3 nitrogen and oxygen atoms in total. The highest BCUT2D eigenvalue weighted by molar-refractivity contribution is 8.26. The molecule has 2 heterocycles. The van der Waals surface area contributed by atoms with Gasteiger partial charge in [-0.15, -0.1) is 0 Å². The number of rotatable bonds is 2. The number of hydrogen-bond acceptors (Lipinski definition) is 4. The Kier molecular flexibility index (Phi) is 3.78. The summed E-state index contributed by atoms with van der Waals surface area (Å²) < 4.78 is 0.625. The molecule has 1 aliphatic rings. The zero-order chi connectivity index (χ0) is 15.0. The van der Waals surface area contributed by atoms with Crippen LogP contribution in [0.5, 0.6) is 0 Å². The van der Waals surface area contributed by atoms with Gasteiger partial charge in [-0.2, -0.15) is 0 Å². The van der Waals surface area contributed by atoms with Crippen LogP contribution >= 0.6 is 24.0 Å². The van der Waals surface area contributed by atoms with Crippen molar-refractivity contribution in [3.05, 3.63) is 47.0 Å². The van der Waals surface area contributed by atoms with Crippen molar-refractivity contribution in [3.8, 4) is 0 Å². The summed E-state index contributed by atoms with van der Waals surface area (Å²) in [6.07, 6.45) is 3.65. The van der Waals surface area contributed by atoms with Crippen molar-refractivity contribution in [2.24, 2.45) is 0 Å². The smallest absolute Gasteiger partial charge is 0.266 e. The van der Waals surface area contributed by atoms with Gasteiger partial charge in [0.2, 0.25) is 0 Å². The first-order chi connectivity index (χ1) is 10.1. The summed E-state index contributed by atoms with van der Waals surface area (Å²) in [5.74, 6) is -0.0129. The molecule has 21 heavy (non-hydrogen) atoms. The van der Waals surface area contributed by atoms with Gasteiger partial charge in [0.05, 0.1) is 10.4 Å². The SMILES string of the molecule is CC(C)N1C(=O)/C(=C/c2ccc3cccnc3c2)SC1=S. The van der Waals surface area contributed by atoms with Crippen LogP contribution < -0.4 is 0 Å². The average molecular weight is 314 g/mol. The normalized spacial score (nSPS) is 17.5. The molecule has 0 atom stereocenters. The highest BCUT2D eigenvalue weighted by Crippen LogP contribution is 2.34. The third-order valence-electron chi connectivity index (χ3n) is 3.27. The molecule has 3 rings (SSSR count). The molecule has 2 aromatic rings. The van der Waals surface area contributed by atoms with E-state index < -0.39 is 0 Å². The Labute approximate surface area is 133 Å². The summed E-state index contributed by atoms with van der Waals surface area (Å²) >= 11 is 6.64. The minimum absolute atomic E-state index is 0.0129. The fourth-order valence-corrected chi connectivity index (χ4v) is 3.77. The van der Waals surface area contributed by atoms with Gasteiger partial charge >= 0.3 is 0 Å². The topological polar surface area (TPSA) is 33.2 Å². The number of hydrogen-bond donors (Lipinski definition) is 0. The summed E-state index contributed by atoms with van der Waals surface area (Å²) in [4.78, 5) is 19.0. The van der Waals surface area contributed by atoms with E-state index in [2.05, 4.69) is 4.98 Å².